The quantitative estimate of drug-likeness (QED) is 0.500. The Morgan fingerprint density at radius 2 is 1.95 bits per heavy atom. The van der Waals surface area contributed by atoms with Gasteiger partial charge in [0.25, 0.3) is 0 Å². The second-order valence-corrected chi connectivity index (χ2v) is 10.1. The fraction of sp³-hybridized carbons (Fsp3) is 0.357. The Kier molecular flexibility index (Phi) is 5.47. The molecule has 1 aromatic rings. The van der Waals surface area contributed by atoms with Gasteiger partial charge in [0.2, 0.25) is 0 Å². The van der Waals surface area contributed by atoms with Gasteiger partial charge in [-0.3, -0.25) is 4.21 Å². The van der Waals surface area contributed by atoms with Gasteiger partial charge in [-0.25, -0.2) is 13.2 Å². The second kappa shape index (κ2) is 6.53. The molecule has 0 aliphatic heterocycles. The number of thiol groups is 1. The fourth-order valence-electron chi connectivity index (χ4n) is 1.71. The summed E-state index contributed by atoms with van der Waals surface area (Å²) in [6.07, 6.45) is 6.92. The summed E-state index contributed by atoms with van der Waals surface area (Å²) in [5.41, 5.74) is 0.545. The zero-order valence-electron chi connectivity index (χ0n) is 12.5. The molecule has 0 saturated carbocycles. The van der Waals surface area contributed by atoms with Crippen molar-refractivity contribution in [3.8, 4) is 0 Å². The standard InChI is InChI=1S/C14H20O5S2/c1-5-19-14(15)9-7-11-6-8-12(21(4,17)18)10-13(11)20(2,3)16/h6-10,20H,5H2,1-4H3/b9-7+. The molecule has 0 heterocycles. The number of hydrogen-bond donors (Lipinski definition) is 1. The van der Waals surface area contributed by atoms with Gasteiger partial charge in [-0.15, -0.1) is 0 Å². The summed E-state index contributed by atoms with van der Waals surface area (Å²) in [7, 11) is -6.07. The van der Waals surface area contributed by atoms with Crippen LogP contribution >= 0.6 is 0 Å². The number of rotatable bonds is 5. The Morgan fingerprint density at radius 1 is 1.33 bits per heavy atom. The van der Waals surface area contributed by atoms with Gasteiger partial charge >= 0.3 is 5.97 Å². The average molecular weight is 332 g/mol. The molecule has 118 valence electrons. The molecule has 0 unspecified atom stereocenters. The van der Waals surface area contributed by atoms with Crippen LogP contribution < -0.4 is 0 Å². The van der Waals surface area contributed by atoms with Crippen LogP contribution in [0.25, 0.3) is 6.08 Å². The van der Waals surface area contributed by atoms with Gasteiger partial charge in [-0.05, 0) is 43.2 Å². The molecule has 1 rings (SSSR count). The molecule has 0 atom stereocenters. The lowest BCUT2D eigenvalue weighted by atomic mass is 10.2. The Hall–Kier alpha value is -1.47. The zero-order valence-corrected chi connectivity index (χ0v) is 14.2. The van der Waals surface area contributed by atoms with Crippen molar-refractivity contribution in [1.29, 1.82) is 0 Å². The third kappa shape index (κ3) is 5.09. The summed E-state index contributed by atoms with van der Waals surface area (Å²) >= 11 is 0. The highest BCUT2D eigenvalue weighted by atomic mass is 32.2. The van der Waals surface area contributed by atoms with Crippen LogP contribution in [0.5, 0.6) is 0 Å². The number of carbonyl (C=O) groups is 1. The largest absolute Gasteiger partial charge is 0.463 e. The van der Waals surface area contributed by atoms with E-state index in [-0.39, 0.29) is 11.5 Å². The molecular formula is C14H20O5S2. The third-order valence-electron chi connectivity index (χ3n) is 2.70. The van der Waals surface area contributed by atoms with Gasteiger partial charge in [-0.2, -0.15) is 0 Å². The van der Waals surface area contributed by atoms with E-state index < -0.39 is 25.7 Å². The van der Waals surface area contributed by atoms with Gasteiger partial charge in [-0.1, -0.05) is 16.0 Å². The van der Waals surface area contributed by atoms with Crippen LogP contribution in [0.15, 0.2) is 34.1 Å². The van der Waals surface area contributed by atoms with Crippen molar-refractivity contribution in [2.45, 2.75) is 16.7 Å². The summed E-state index contributed by atoms with van der Waals surface area (Å²) in [6, 6.07) is 4.38. The van der Waals surface area contributed by atoms with Crippen LogP contribution in [-0.4, -0.2) is 44.0 Å². The van der Waals surface area contributed by atoms with E-state index in [9.17, 15) is 17.4 Å². The van der Waals surface area contributed by atoms with Crippen LogP contribution in [0, 0.1) is 0 Å². The predicted octanol–water partition coefficient (Wildman–Crippen LogP) is 1.30. The number of benzene rings is 1. The van der Waals surface area contributed by atoms with Crippen molar-refractivity contribution in [2.75, 3.05) is 25.4 Å². The van der Waals surface area contributed by atoms with Crippen LogP contribution in [0.2, 0.25) is 0 Å². The average Bonchev–Trinajstić information content (AvgIpc) is 2.34. The lowest BCUT2D eigenvalue weighted by molar-refractivity contribution is -0.137. The SMILES string of the molecule is CCOC(=O)/C=C/c1ccc(S(C)(=O)=O)cc1[SH](C)(C)=O. The first-order valence-electron chi connectivity index (χ1n) is 6.30. The second-order valence-electron chi connectivity index (χ2n) is 4.93. The first-order chi connectivity index (χ1) is 9.55. The van der Waals surface area contributed by atoms with E-state index in [2.05, 4.69) is 0 Å². The highest BCUT2D eigenvalue weighted by Crippen LogP contribution is 2.24. The number of ether oxygens (including phenoxy) is 1. The summed E-state index contributed by atoms with van der Waals surface area (Å²) < 4.78 is 40.3. The molecule has 0 fully saturated rings. The molecule has 0 amide bonds. The summed E-state index contributed by atoms with van der Waals surface area (Å²) in [6.45, 7) is 1.97. The number of sulfone groups is 1. The maximum absolute atomic E-state index is 12.3. The topological polar surface area (TPSA) is 77.5 Å². The number of hydrogen-bond acceptors (Lipinski definition) is 5. The Morgan fingerprint density at radius 3 is 2.43 bits per heavy atom. The van der Waals surface area contributed by atoms with Crippen molar-refractivity contribution in [3.63, 3.8) is 0 Å². The Balaban J connectivity index is 3.34. The molecule has 5 nitrogen and oxygen atoms in total. The number of carbonyl (C=O) groups excluding carboxylic acids is 1. The monoisotopic (exact) mass is 332 g/mol. The Labute approximate surface area is 126 Å². The van der Waals surface area contributed by atoms with E-state index in [1.165, 1.54) is 24.3 Å². The fourth-order valence-corrected chi connectivity index (χ4v) is 3.66. The van der Waals surface area contributed by atoms with Crippen molar-refractivity contribution in [2.24, 2.45) is 0 Å². The molecule has 0 aliphatic rings. The van der Waals surface area contributed by atoms with Crippen LogP contribution in [0.3, 0.4) is 0 Å². The van der Waals surface area contributed by atoms with E-state index in [1.54, 1.807) is 25.5 Å². The lowest BCUT2D eigenvalue weighted by Crippen LogP contribution is -2.10. The lowest BCUT2D eigenvalue weighted by Gasteiger charge is -2.16. The molecule has 0 bridgehead atoms. The summed E-state index contributed by atoms with van der Waals surface area (Å²) in [5.74, 6) is -0.502. The molecule has 0 N–H and O–H groups in total. The molecule has 0 aromatic heterocycles. The normalized spacial score (nSPS) is 13.3. The molecule has 0 aliphatic carbocycles. The Bertz CT molecular complexity index is 711. The first-order valence-corrected chi connectivity index (χ1v) is 10.8. The van der Waals surface area contributed by atoms with Gasteiger partial charge in [0.1, 0.15) is 0 Å². The maximum Gasteiger partial charge on any atom is 0.330 e. The van der Waals surface area contributed by atoms with E-state index in [0.717, 1.165) is 6.26 Å². The summed E-state index contributed by atoms with van der Waals surface area (Å²) in [5, 5.41) is 0. The molecule has 21 heavy (non-hydrogen) atoms. The highest BCUT2D eigenvalue weighted by molar-refractivity contribution is 8.01. The van der Waals surface area contributed by atoms with Crippen LogP contribution in [-0.2, 0) is 29.3 Å². The third-order valence-corrected chi connectivity index (χ3v) is 5.35. The van der Waals surface area contributed by atoms with E-state index in [0.29, 0.717) is 10.5 Å². The highest BCUT2D eigenvalue weighted by Gasteiger charge is 2.15. The minimum atomic E-state index is -3.38. The van der Waals surface area contributed by atoms with Gasteiger partial charge in [0.15, 0.2) is 9.84 Å². The smallest absolute Gasteiger partial charge is 0.330 e. The van der Waals surface area contributed by atoms with Crippen molar-refractivity contribution >= 4 is 31.8 Å². The minimum absolute atomic E-state index is 0.106. The van der Waals surface area contributed by atoms with E-state index >= 15 is 0 Å². The molecule has 0 radical (unpaired) electrons. The molecule has 0 spiro atoms. The minimum Gasteiger partial charge on any atom is -0.463 e. The van der Waals surface area contributed by atoms with Crippen LogP contribution in [0.4, 0.5) is 0 Å². The maximum atomic E-state index is 12.3. The number of esters is 1. The summed E-state index contributed by atoms with van der Waals surface area (Å²) in [4.78, 5) is 11.9. The zero-order chi connectivity index (χ0) is 16.3. The molecular weight excluding hydrogens is 312 g/mol. The molecule has 7 heteroatoms. The van der Waals surface area contributed by atoms with Gasteiger partial charge < -0.3 is 4.74 Å². The van der Waals surface area contributed by atoms with Crippen molar-refractivity contribution < 1.29 is 22.2 Å². The van der Waals surface area contributed by atoms with Gasteiger partial charge in [0, 0.05) is 17.2 Å². The van der Waals surface area contributed by atoms with Crippen molar-refractivity contribution in [1.82, 2.24) is 0 Å². The van der Waals surface area contributed by atoms with E-state index in [1.807, 2.05) is 0 Å². The van der Waals surface area contributed by atoms with Crippen LogP contribution in [0.1, 0.15) is 12.5 Å². The molecule has 1 aromatic carbocycles. The predicted molar refractivity (Wildman–Crippen MR) is 84.9 cm³/mol. The van der Waals surface area contributed by atoms with E-state index in [4.69, 9.17) is 4.74 Å². The molecule has 0 saturated heterocycles. The van der Waals surface area contributed by atoms with Crippen molar-refractivity contribution in [3.05, 3.63) is 29.8 Å². The first kappa shape index (κ1) is 17.6. The van der Waals surface area contributed by atoms with Gasteiger partial charge in [0.05, 0.1) is 11.5 Å².